The molecular weight excluding hydrogens is 314 g/mol. The second kappa shape index (κ2) is 6.89. The number of aromatic nitrogens is 1. The highest BCUT2D eigenvalue weighted by Gasteiger charge is 2.24. The van der Waals surface area contributed by atoms with Gasteiger partial charge in [0.1, 0.15) is 10.7 Å². The summed E-state index contributed by atoms with van der Waals surface area (Å²) in [6.07, 6.45) is 0. The van der Waals surface area contributed by atoms with Crippen molar-refractivity contribution >= 4 is 28.6 Å². The lowest BCUT2D eigenvalue weighted by Crippen LogP contribution is -2.49. The maximum absolute atomic E-state index is 12.6. The summed E-state index contributed by atoms with van der Waals surface area (Å²) in [5.41, 5.74) is 1.69. The van der Waals surface area contributed by atoms with Crippen LogP contribution in [-0.4, -0.2) is 53.4 Å². The van der Waals surface area contributed by atoms with Crippen LogP contribution in [0.2, 0.25) is 0 Å². The Bertz CT molecular complexity index is 613. The molecule has 0 bridgehead atoms. The van der Waals surface area contributed by atoms with E-state index in [0.29, 0.717) is 11.6 Å². The number of thiazole rings is 1. The van der Waals surface area contributed by atoms with Crippen molar-refractivity contribution in [2.24, 2.45) is 5.92 Å². The molecule has 2 aromatic rings. The molecular formula is C16H21N3OS2. The van der Waals surface area contributed by atoms with Crippen molar-refractivity contribution in [1.29, 1.82) is 0 Å². The van der Waals surface area contributed by atoms with Gasteiger partial charge in [0.25, 0.3) is 5.91 Å². The van der Waals surface area contributed by atoms with Gasteiger partial charge in [-0.1, -0.05) is 13.8 Å². The molecule has 22 heavy (non-hydrogen) atoms. The van der Waals surface area contributed by atoms with Crippen LogP contribution in [0.3, 0.4) is 0 Å². The van der Waals surface area contributed by atoms with E-state index in [4.69, 9.17) is 0 Å². The second-order valence-corrected chi connectivity index (χ2v) is 7.67. The third-order valence-corrected chi connectivity index (χ3v) is 5.35. The van der Waals surface area contributed by atoms with Gasteiger partial charge in [0, 0.05) is 49.0 Å². The molecule has 118 valence electrons. The summed E-state index contributed by atoms with van der Waals surface area (Å²) in [4.78, 5) is 21.5. The summed E-state index contributed by atoms with van der Waals surface area (Å²) >= 11 is 3.20. The normalized spacial score (nSPS) is 16.4. The van der Waals surface area contributed by atoms with E-state index in [0.717, 1.165) is 43.3 Å². The second-order valence-electron chi connectivity index (χ2n) is 6.04. The number of rotatable bonds is 4. The minimum atomic E-state index is 0.0712. The van der Waals surface area contributed by atoms with Crippen molar-refractivity contribution in [1.82, 2.24) is 14.8 Å². The minimum Gasteiger partial charge on any atom is -0.335 e. The van der Waals surface area contributed by atoms with Crippen molar-refractivity contribution < 1.29 is 4.79 Å². The topological polar surface area (TPSA) is 36.4 Å². The van der Waals surface area contributed by atoms with Crippen molar-refractivity contribution in [2.45, 2.75) is 13.8 Å². The molecule has 6 heteroatoms. The van der Waals surface area contributed by atoms with Crippen LogP contribution in [0.4, 0.5) is 0 Å². The van der Waals surface area contributed by atoms with Crippen LogP contribution in [0.15, 0.2) is 22.2 Å². The summed E-state index contributed by atoms with van der Waals surface area (Å²) in [7, 11) is 0. The molecule has 0 atom stereocenters. The molecule has 2 aromatic heterocycles. The van der Waals surface area contributed by atoms with E-state index in [1.54, 1.807) is 22.7 Å². The van der Waals surface area contributed by atoms with E-state index in [-0.39, 0.29) is 5.91 Å². The van der Waals surface area contributed by atoms with Crippen LogP contribution in [0.5, 0.6) is 0 Å². The van der Waals surface area contributed by atoms with Crippen molar-refractivity contribution in [3.63, 3.8) is 0 Å². The van der Waals surface area contributed by atoms with Gasteiger partial charge in [0.2, 0.25) is 0 Å². The predicted molar refractivity (Wildman–Crippen MR) is 92.6 cm³/mol. The Labute approximate surface area is 139 Å². The maximum Gasteiger partial charge on any atom is 0.273 e. The average molecular weight is 335 g/mol. The number of hydrogen-bond donors (Lipinski definition) is 0. The highest BCUT2D eigenvalue weighted by molar-refractivity contribution is 7.14. The zero-order chi connectivity index (χ0) is 15.5. The molecule has 0 saturated carbocycles. The molecule has 1 amide bonds. The summed E-state index contributed by atoms with van der Waals surface area (Å²) < 4.78 is 0. The smallest absolute Gasteiger partial charge is 0.273 e. The summed E-state index contributed by atoms with van der Waals surface area (Å²) in [6, 6.07) is 2.04. The molecule has 3 rings (SSSR count). The number of nitrogens with zero attached hydrogens (tertiary/aromatic N) is 3. The Morgan fingerprint density at radius 1 is 1.27 bits per heavy atom. The molecule has 0 radical (unpaired) electrons. The van der Waals surface area contributed by atoms with Gasteiger partial charge < -0.3 is 4.90 Å². The van der Waals surface area contributed by atoms with Crippen molar-refractivity contribution in [3.8, 4) is 10.6 Å². The molecule has 0 N–H and O–H groups in total. The third-order valence-electron chi connectivity index (χ3n) is 3.77. The largest absolute Gasteiger partial charge is 0.335 e. The first kappa shape index (κ1) is 15.6. The van der Waals surface area contributed by atoms with E-state index in [2.05, 4.69) is 29.1 Å². The molecule has 1 aliphatic rings. The van der Waals surface area contributed by atoms with Crippen LogP contribution < -0.4 is 0 Å². The third kappa shape index (κ3) is 3.56. The fraction of sp³-hybridized carbons (Fsp3) is 0.500. The van der Waals surface area contributed by atoms with Crippen LogP contribution in [0.1, 0.15) is 24.3 Å². The number of thiophene rings is 1. The SMILES string of the molecule is CC(C)CN1CCN(C(=O)c2csc(-c3ccsc3)n2)CC1. The van der Waals surface area contributed by atoms with Crippen LogP contribution in [0, 0.1) is 5.92 Å². The fourth-order valence-corrected chi connectivity index (χ4v) is 4.21. The molecule has 1 fully saturated rings. The number of piperazine rings is 1. The molecule has 4 nitrogen and oxygen atoms in total. The van der Waals surface area contributed by atoms with Crippen molar-refractivity contribution in [2.75, 3.05) is 32.7 Å². The Morgan fingerprint density at radius 3 is 2.68 bits per heavy atom. The van der Waals surface area contributed by atoms with E-state index in [1.807, 2.05) is 21.7 Å². The molecule has 1 saturated heterocycles. The van der Waals surface area contributed by atoms with Gasteiger partial charge in [-0.2, -0.15) is 11.3 Å². The first-order valence-corrected chi connectivity index (χ1v) is 9.45. The average Bonchev–Trinajstić information content (AvgIpc) is 3.18. The van der Waals surface area contributed by atoms with Crippen LogP contribution >= 0.6 is 22.7 Å². The summed E-state index contributed by atoms with van der Waals surface area (Å²) in [5, 5.41) is 6.92. The molecule has 0 spiro atoms. The lowest BCUT2D eigenvalue weighted by atomic mass is 10.2. The number of hydrogen-bond acceptors (Lipinski definition) is 5. The quantitative estimate of drug-likeness (QED) is 0.860. The monoisotopic (exact) mass is 335 g/mol. The molecule has 0 aliphatic carbocycles. The summed E-state index contributed by atoms with van der Waals surface area (Å²) in [6.45, 7) is 9.11. The lowest BCUT2D eigenvalue weighted by Gasteiger charge is -2.35. The molecule has 3 heterocycles. The zero-order valence-electron chi connectivity index (χ0n) is 13.0. The van der Waals surface area contributed by atoms with Gasteiger partial charge in [-0.05, 0) is 17.4 Å². The highest BCUT2D eigenvalue weighted by atomic mass is 32.1. The Hall–Kier alpha value is -1.24. The summed E-state index contributed by atoms with van der Waals surface area (Å²) in [5.74, 6) is 0.746. The molecule has 0 aromatic carbocycles. The maximum atomic E-state index is 12.6. The Morgan fingerprint density at radius 2 is 2.05 bits per heavy atom. The van der Waals surface area contributed by atoms with Crippen molar-refractivity contribution in [3.05, 3.63) is 27.9 Å². The predicted octanol–water partition coefficient (Wildman–Crippen LogP) is 3.29. The van der Waals surface area contributed by atoms with Gasteiger partial charge in [-0.3, -0.25) is 9.69 Å². The Kier molecular flexibility index (Phi) is 4.90. The van der Waals surface area contributed by atoms with E-state index in [1.165, 1.54) is 0 Å². The first-order valence-electron chi connectivity index (χ1n) is 7.63. The molecule has 1 aliphatic heterocycles. The number of amides is 1. The van der Waals surface area contributed by atoms with Gasteiger partial charge in [0.15, 0.2) is 0 Å². The lowest BCUT2D eigenvalue weighted by molar-refractivity contribution is 0.0619. The van der Waals surface area contributed by atoms with Gasteiger partial charge in [-0.15, -0.1) is 11.3 Å². The standard InChI is InChI=1S/C16H21N3OS2/c1-12(2)9-18-4-6-19(7-5-18)16(20)14-11-22-15(17-14)13-3-8-21-10-13/h3,8,10-12H,4-7,9H2,1-2H3. The van der Waals surface area contributed by atoms with Crippen LogP contribution in [0.25, 0.3) is 10.6 Å². The fourth-order valence-electron chi connectivity index (χ4n) is 2.70. The minimum absolute atomic E-state index is 0.0712. The van der Waals surface area contributed by atoms with E-state index in [9.17, 15) is 4.79 Å². The van der Waals surface area contributed by atoms with E-state index >= 15 is 0 Å². The molecule has 0 unspecified atom stereocenters. The highest BCUT2D eigenvalue weighted by Crippen LogP contribution is 2.26. The number of carbonyl (C=O) groups excluding carboxylic acids is 1. The Balaban J connectivity index is 1.61. The van der Waals surface area contributed by atoms with Gasteiger partial charge in [-0.25, -0.2) is 4.98 Å². The number of carbonyl (C=O) groups is 1. The van der Waals surface area contributed by atoms with Gasteiger partial charge in [0.05, 0.1) is 0 Å². The first-order chi connectivity index (χ1) is 10.6. The van der Waals surface area contributed by atoms with E-state index < -0.39 is 0 Å². The zero-order valence-corrected chi connectivity index (χ0v) is 14.6. The van der Waals surface area contributed by atoms with Crippen LogP contribution in [-0.2, 0) is 0 Å². The van der Waals surface area contributed by atoms with Gasteiger partial charge >= 0.3 is 0 Å².